The first-order valence-electron chi connectivity index (χ1n) is 8.95. The van der Waals surface area contributed by atoms with Crippen LogP contribution >= 0.6 is 0 Å². The number of aryl methyl sites for hydroxylation is 1. The van der Waals surface area contributed by atoms with Crippen molar-refractivity contribution >= 4 is 17.6 Å². The molecule has 6 heteroatoms. The number of carbonyl (C=O) groups excluding carboxylic acids is 2. The second kappa shape index (κ2) is 9.01. The first-order chi connectivity index (χ1) is 14.0. The highest BCUT2D eigenvalue weighted by molar-refractivity contribution is 5.99. The molecular weight excluding hydrogens is 373 g/mol. The fourth-order valence-electron chi connectivity index (χ4n) is 2.78. The third-order valence-electron chi connectivity index (χ3n) is 4.26. The molecule has 0 aliphatic carbocycles. The van der Waals surface area contributed by atoms with Crippen molar-refractivity contribution in [2.24, 2.45) is 0 Å². The number of methoxy groups -OCH3 is 1. The van der Waals surface area contributed by atoms with Gasteiger partial charge in [-0.15, -0.1) is 0 Å². The molecule has 0 aromatic heterocycles. The lowest BCUT2D eigenvalue weighted by molar-refractivity contribution is -0.125. The molecule has 0 fully saturated rings. The molecule has 3 aromatic carbocycles. The van der Waals surface area contributed by atoms with Crippen molar-refractivity contribution in [3.8, 4) is 5.75 Å². The van der Waals surface area contributed by atoms with Crippen LogP contribution in [0.25, 0.3) is 0 Å². The number of rotatable bonds is 6. The molecule has 1 amide bonds. The van der Waals surface area contributed by atoms with E-state index >= 15 is 0 Å². The minimum atomic E-state index is -1.20. The van der Waals surface area contributed by atoms with Crippen LogP contribution in [0.1, 0.15) is 27.6 Å². The van der Waals surface area contributed by atoms with Crippen molar-refractivity contribution in [2.45, 2.75) is 13.0 Å². The molecule has 1 N–H and O–H groups in total. The van der Waals surface area contributed by atoms with Gasteiger partial charge in [0, 0.05) is 5.56 Å². The molecular formula is C23H20FNO4. The molecule has 0 spiro atoms. The van der Waals surface area contributed by atoms with E-state index in [2.05, 4.69) is 5.32 Å². The molecule has 1 atom stereocenters. The third kappa shape index (κ3) is 4.99. The average Bonchev–Trinajstić information content (AvgIpc) is 2.73. The van der Waals surface area contributed by atoms with Crippen molar-refractivity contribution in [3.05, 3.63) is 95.3 Å². The van der Waals surface area contributed by atoms with Gasteiger partial charge in [0.15, 0.2) is 0 Å². The van der Waals surface area contributed by atoms with Crippen LogP contribution in [0.15, 0.2) is 72.8 Å². The topological polar surface area (TPSA) is 64.6 Å². The number of ether oxygens (including phenoxy) is 2. The summed E-state index contributed by atoms with van der Waals surface area (Å²) in [6, 6.07) is 19.0. The molecule has 0 unspecified atom stereocenters. The zero-order valence-electron chi connectivity index (χ0n) is 16.0. The van der Waals surface area contributed by atoms with Crippen molar-refractivity contribution in [1.82, 2.24) is 0 Å². The fourth-order valence-corrected chi connectivity index (χ4v) is 2.78. The Bertz CT molecular complexity index is 1000. The number of amides is 1. The highest BCUT2D eigenvalue weighted by Gasteiger charge is 2.26. The van der Waals surface area contributed by atoms with E-state index in [0.717, 1.165) is 17.7 Å². The SMILES string of the molecule is COc1ccc(C)cc1NC(=O)[C@H](OC(=O)c1ccc(F)cc1)c1ccccc1. The highest BCUT2D eigenvalue weighted by Crippen LogP contribution is 2.28. The van der Waals surface area contributed by atoms with E-state index in [-0.39, 0.29) is 5.56 Å². The number of carbonyl (C=O) groups is 2. The first-order valence-corrected chi connectivity index (χ1v) is 8.95. The van der Waals surface area contributed by atoms with E-state index in [4.69, 9.17) is 9.47 Å². The Labute approximate surface area is 168 Å². The van der Waals surface area contributed by atoms with Gasteiger partial charge in [-0.2, -0.15) is 0 Å². The lowest BCUT2D eigenvalue weighted by Crippen LogP contribution is -2.26. The standard InChI is InChI=1S/C23H20FNO4/c1-15-8-13-20(28-2)19(14-15)25-22(26)21(16-6-4-3-5-7-16)29-23(27)17-9-11-18(24)12-10-17/h3-14,21H,1-2H3,(H,25,26)/t21-/m1/s1. The number of benzene rings is 3. The third-order valence-corrected chi connectivity index (χ3v) is 4.26. The van der Waals surface area contributed by atoms with Crippen LogP contribution < -0.4 is 10.1 Å². The fraction of sp³-hybridized carbons (Fsp3) is 0.130. The van der Waals surface area contributed by atoms with Gasteiger partial charge in [-0.25, -0.2) is 9.18 Å². The van der Waals surface area contributed by atoms with Crippen molar-refractivity contribution < 1.29 is 23.5 Å². The van der Waals surface area contributed by atoms with Gasteiger partial charge in [0.1, 0.15) is 11.6 Å². The number of nitrogens with one attached hydrogen (secondary N) is 1. The maximum Gasteiger partial charge on any atom is 0.339 e. The average molecular weight is 393 g/mol. The number of hydrogen-bond acceptors (Lipinski definition) is 4. The van der Waals surface area contributed by atoms with Gasteiger partial charge in [-0.3, -0.25) is 4.79 Å². The van der Waals surface area contributed by atoms with Gasteiger partial charge in [0.25, 0.3) is 5.91 Å². The Morgan fingerprint density at radius 2 is 1.66 bits per heavy atom. The lowest BCUT2D eigenvalue weighted by Gasteiger charge is -2.19. The minimum absolute atomic E-state index is 0.147. The van der Waals surface area contributed by atoms with E-state index in [0.29, 0.717) is 17.0 Å². The summed E-state index contributed by atoms with van der Waals surface area (Å²) < 4.78 is 23.9. The maximum atomic E-state index is 13.1. The Balaban J connectivity index is 1.88. The van der Waals surface area contributed by atoms with Crippen LogP contribution in [0, 0.1) is 12.7 Å². The van der Waals surface area contributed by atoms with Crippen molar-refractivity contribution in [2.75, 3.05) is 12.4 Å². The molecule has 0 aliphatic heterocycles. The molecule has 0 saturated heterocycles. The van der Waals surface area contributed by atoms with E-state index < -0.39 is 23.8 Å². The maximum absolute atomic E-state index is 13.1. The van der Waals surface area contributed by atoms with E-state index in [1.54, 1.807) is 42.5 Å². The Morgan fingerprint density at radius 3 is 2.31 bits per heavy atom. The van der Waals surface area contributed by atoms with E-state index in [1.807, 2.05) is 13.0 Å². The molecule has 0 bridgehead atoms. The van der Waals surface area contributed by atoms with Crippen molar-refractivity contribution in [1.29, 1.82) is 0 Å². The predicted molar refractivity (Wildman–Crippen MR) is 107 cm³/mol. The summed E-state index contributed by atoms with van der Waals surface area (Å²) >= 11 is 0. The summed E-state index contributed by atoms with van der Waals surface area (Å²) in [7, 11) is 1.50. The molecule has 3 rings (SSSR count). The first kappa shape index (κ1) is 20.1. The van der Waals surface area contributed by atoms with E-state index in [9.17, 15) is 14.0 Å². The minimum Gasteiger partial charge on any atom is -0.495 e. The summed E-state index contributed by atoms with van der Waals surface area (Å²) in [6.45, 7) is 1.89. The van der Waals surface area contributed by atoms with Crippen LogP contribution in [0.5, 0.6) is 5.75 Å². The van der Waals surface area contributed by atoms with Crippen LogP contribution in [-0.2, 0) is 9.53 Å². The van der Waals surface area contributed by atoms with Crippen LogP contribution in [0.3, 0.4) is 0 Å². The van der Waals surface area contributed by atoms with E-state index in [1.165, 1.54) is 19.2 Å². The van der Waals surface area contributed by atoms with Crippen molar-refractivity contribution in [3.63, 3.8) is 0 Å². The summed E-state index contributed by atoms with van der Waals surface area (Å²) in [6.07, 6.45) is -1.20. The van der Waals surface area contributed by atoms with Gasteiger partial charge in [0.2, 0.25) is 6.10 Å². The smallest absolute Gasteiger partial charge is 0.339 e. The van der Waals surface area contributed by atoms with Crippen LogP contribution in [0.4, 0.5) is 10.1 Å². The normalized spacial score (nSPS) is 11.4. The van der Waals surface area contributed by atoms with Crippen LogP contribution in [0.2, 0.25) is 0 Å². The second-order valence-corrected chi connectivity index (χ2v) is 6.40. The van der Waals surface area contributed by atoms with Crippen LogP contribution in [-0.4, -0.2) is 19.0 Å². The Kier molecular flexibility index (Phi) is 6.24. The summed E-state index contributed by atoms with van der Waals surface area (Å²) in [5.74, 6) is -1.24. The zero-order chi connectivity index (χ0) is 20.8. The van der Waals surface area contributed by atoms with Gasteiger partial charge in [-0.05, 0) is 48.9 Å². The summed E-state index contributed by atoms with van der Waals surface area (Å²) in [5.41, 5.74) is 2.05. The largest absolute Gasteiger partial charge is 0.495 e. The number of hydrogen-bond donors (Lipinski definition) is 1. The quantitative estimate of drug-likeness (QED) is 0.618. The Hall–Kier alpha value is -3.67. The van der Waals surface area contributed by atoms with Gasteiger partial charge >= 0.3 is 5.97 Å². The molecule has 0 saturated carbocycles. The number of anilines is 1. The highest BCUT2D eigenvalue weighted by atomic mass is 19.1. The summed E-state index contributed by atoms with van der Waals surface area (Å²) in [5, 5.41) is 2.77. The van der Waals surface area contributed by atoms with Gasteiger partial charge < -0.3 is 14.8 Å². The molecule has 0 heterocycles. The van der Waals surface area contributed by atoms with Gasteiger partial charge in [0.05, 0.1) is 18.4 Å². The summed E-state index contributed by atoms with van der Waals surface area (Å²) in [4.78, 5) is 25.5. The molecule has 148 valence electrons. The Morgan fingerprint density at radius 1 is 0.966 bits per heavy atom. The number of esters is 1. The molecule has 3 aromatic rings. The number of halogens is 1. The lowest BCUT2D eigenvalue weighted by atomic mass is 10.1. The molecule has 5 nitrogen and oxygen atoms in total. The zero-order valence-corrected chi connectivity index (χ0v) is 16.0. The van der Waals surface area contributed by atoms with Gasteiger partial charge in [-0.1, -0.05) is 36.4 Å². The molecule has 29 heavy (non-hydrogen) atoms. The molecule has 0 radical (unpaired) electrons. The predicted octanol–water partition coefficient (Wildman–Crippen LogP) is 4.68. The monoisotopic (exact) mass is 393 g/mol. The second-order valence-electron chi connectivity index (χ2n) is 6.40. The molecule has 0 aliphatic rings.